The Balaban J connectivity index is 1.01. The van der Waals surface area contributed by atoms with Gasteiger partial charge in [-0.1, -0.05) is 159 Å². The lowest BCUT2D eigenvalue weighted by molar-refractivity contribution is -0.266. The number of fused-ring (bicyclic) bond motifs is 3. The third-order valence-electron chi connectivity index (χ3n) is 16.8. The SMILES string of the molecule is CC12CC3CC4C5CC(CC41)CC2(c1ccc(-c2ccc4c(-c6cccc(-c7ccccc7)c6)c6ccccc6c(-c6cccc7ccccc67)c4c2)cc1)C5C3. The van der Waals surface area contributed by atoms with E-state index in [9.17, 15) is 0 Å². The van der Waals surface area contributed by atoms with Crippen molar-refractivity contribution in [2.75, 3.05) is 0 Å². The lowest BCUT2D eigenvalue weighted by Crippen LogP contribution is -2.74. The summed E-state index contributed by atoms with van der Waals surface area (Å²) in [6, 6.07) is 62.4. The summed E-state index contributed by atoms with van der Waals surface area (Å²) in [4.78, 5) is 0. The zero-order valence-electron chi connectivity index (χ0n) is 32.8. The van der Waals surface area contributed by atoms with Gasteiger partial charge in [-0.05, 0) is 174 Å². The average molecular weight is 733 g/mol. The van der Waals surface area contributed by atoms with Gasteiger partial charge in [0.15, 0.2) is 0 Å². The van der Waals surface area contributed by atoms with Gasteiger partial charge in [0.05, 0.1) is 0 Å². The highest BCUT2D eigenvalue weighted by Gasteiger charge is 2.74. The minimum absolute atomic E-state index is 0.377. The Morgan fingerprint density at radius 1 is 0.404 bits per heavy atom. The molecule has 0 heterocycles. The molecule has 7 aliphatic carbocycles. The third kappa shape index (κ3) is 4.40. The zero-order valence-corrected chi connectivity index (χ0v) is 32.8. The van der Waals surface area contributed by atoms with Gasteiger partial charge in [-0.2, -0.15) is 0 Å². The molecule has 7 aliphatic rings. The van der Waals surface area contributed by atoms with Gasteiger partial charge >= 0.3 is 0 Å². The minimum Gasteiger partial charge on any atom is -0.0622 e. The molecule has 0 aliphatic heterocycles. The first kappa shape index (κ1) is 32.6. The van der Waals surface area contributed by atoms with Crippen LogP contribution >= 0.6 is 0 Å². The third-order valence-corrected chi connectivity index (χ3v) is 16.8. The van der Waals surface area contributed by atoms with Crippen LogP contribution in [0.3, 0.4) is 0 Å². The molecule has 0 N–H and O–H groups in total. The standard InChI is InChI=1S/C57H48/c1-56-33-35-27-49-50-28-36(29-52(49)56)34-57(56,53(50)30-35)43-24-21-38(22-25-43)41-23-26-48-51(32-41)55(45-20-10-14-39-13-5-6-17-44(39)45)47-19-8-7-18-46(47)54(48)42-16-9-15-40(31-42)37-11-3-2-4-12-37/h2-26,31-32,35-36,49-50,52-53H,27-30,33-34H2,1H3. The molecule has 8 aromatic carbocycles. The lowest BCUT2D eigenvalue weighted by Gasteiger charge is -2.79. The molecule has 7 saturated carbocycles. The Labute approximate surface area is 336 Å². The van der Waals surface area contributed by atoms with Gasteiger partial charge < -0.3 is 0 Å². The van der Waals surface area contributed by atoms with Crippen molar-refractivity contribution in [1.29, 1.82) is 0 Å². The zero-order chi connectivity index (χ0) is 37.5. The van der Waals surface area contributed by atoms with Gasteiger partial charge in [0, 0.05) is 5.41 Å². The molecule has 0 radical (unpaired) electrons. The first-order chi connectivity index (χ1) is 28.1. The Hall–Kier alpha value is -5.46. The van der Waals surface area contributed by atoms with E-state index in [-0.39, 0.29) is 0 Å². The Bertz CT molecular complexity index is 2910. The normalized spacial score (nSPS) is 29.2. The monoisotopic (exact) mass is 732 g/mol. The van der Waals surface area contributed by atoms with Crippen LogP contribution in [0.15, 0.2) is 164 Å². The summed E-state index contributed by atoms with van der Waals surface area (Å²) < 4.78 is 0. The van der Waals surface area contributed by atoms with Crippen LogP contribution in [0.2, 0.25) is 0 Å². The van der Waals surface area contributed by atoms with Crippen LogP contribution in [0.1, 0.15) is 51.0 Å². The van der Waals surface area contributed by atoms with E-state index in [4.69, 9.17) is 0 Å². The maximum atomic E-state index is 2.75. The largest absolute Gasteiger partial charge is 0.0622 e. The first-order valence-corrected chi connectivity index (χ1v) is 21.8. The molecule has 0 amide bonds. The van der Waals surface area contributed by atoms with Crippen molar-refractivity contribution in [2.24, 2.45) is 40.9 Å². The summed E-state index contributed by atoms with van der Waals surface area (Å²) in [5.74, 6) is 5.78. The second-order valence-electron chi connectivity index (χ2n) is 19.1. The van der Waals surface area contributed by atoms with Gasteiger partial charge in [-0.25, -0.2) is 0 Å². The topological polar surface area (TPSA) is 0 Å². The van der Waals surface area contributed by atoms with Crippen molar-refractivity contribution < 1.29 is 0 Å². The van der Waals surface area contributed by atoms with Crippen LogP contribution in [0.25, 0.3) is 76.8 Å². The maximum absolute atomic E-state index is 2.75. The van der Waals surface area contributed by atoms with Crippen LogP contribution < -0.4 is 0 Å². The van der Waals surface area contributed by atoms with Crippen molar-refractivity contribution in [3.05, 3.63) is 169 Å². The van der Waals surface area contributed by atoms with E-state index in [1.807, 2.05) is 0 Å². The smallest absolute Gasteiger partial charge is 0.00433 e. The first-order valence-electron chi connectivity index (χ1n) is 21.8. The van der Waals surface area contributed by atoms with Crippen LogP contribution in [0, 0.1) is 40.9 Å². The van der Waals surface area contributed by atoms with E-state index in [0.29, 0.717) is 10.8 Å². The van der Waals surface area contributed by atoms with Crippen molar-refractivity contribution in [3.63, 3.8) is 0 Å². The Morgan fingerprint density at radius 2 is 0.982 bits per heavy atom. The summed E-state index contributed by atoms with van der Waals surface area (Å²) >= 11 is 0. The predicted octanol–water partition coefficient (Wildman–Crippen LogP) is 15.2. The molecule has 8 aromatic rings. The summed E-state index contributed by atoms with van der Waals surface area (Å²) in [6.45, 7) is 2.75. The Kier molecular flexibility index (Phi) is 6.75. The molecule has 57 heavy (non-hydrogen) atoms. The van der Waals surface area contributed by atoms with Gasteiger partial charge in [-0.15, -0.1) is 0 Å². The van der Waals surface area contributed by atoms with Crippen molar-refractivity contribution in [1.82, 2.24) is 0 Å². The van der Waals surface area contributed by atoms with Gasteiger partial charge in [0.25, 0.3) is 0 Å². The molecular formula is C57H48. The summed E-state index contributed by atoms with van der Waals surface area (Å²) in [6.07, 6.45) is 8.98. The van der Waals surface area contributed by atoms with E-state index in [0.717, 1.165) is 35.5 Å². The van der Waals surface area contributed by atoms with Crippen LogP contribution in [0.5, 0.6) is 0 Å². The molecular weight excluding hydrogens is 685 g/mol. The molecule has 276 valence electrons. The van der Waals surface area contributed by atoms with E-state index >= 15 is 0 Å². The predicted molar refractivity (Wildman–Crippen MR) is 239 cm³/mol. The minimum atomic E-state index is 0.377. The van der Waals surface area contributed by atoms with Gasteiger partial charge in [0.2, 0.25) is 0 Å². The van der Waals surface area contributed by atoms with E-state index in [1.165, 1.54) is 109 Å². The lowest BCUT2D eigenvalue weighted by atomic mass is 9.25. The number of hydrogen-bond acceptors (Lipinski definition) is 0. The molecule has 8 atom stereocenters. The van der Waals surface area contributed by atoms with Crippen LogP contribution in [0.4, 0.5) is 0 Å². The number of benzene rings is 8. The average Bonchev–Trinajstić information content (AvgIpc) is 3.27. The quantitative estimate of drug-likeness (QED) is 0.155. The summed E-state index contributed by atoms with van der Waals surface area (Å²) in [5, 5.41) is 7.78. The van der Waals surface area contributed by atoms with E-state index in [2.05, 4.69) is 171 Å². The molecule has 8 bridgehead atoms. The van der Waals surface area contributed by atoms with Crippen molar-refractivity contribution in [2.45, 2.75) is 50.9 Å². The highest BCUT2D eigenvalue weighted by atomic mass is 14.8. The molecule has 0 saturated heterocycles. The molecule has 8 unspecified atom stereocenters. The van der Waals surface area contributed by atoms with Gasteiger partial charge in [0.1, 0.15) is 0 Å². The fourth-order valence-corrected chi connectivity index (χ4v) is 15.0. The molecule has 15 rings (SSSR count). The van der Waals surface area contributed by atoms with E-state index < -0.39 is 0 Å². The highest BCUT2D eigenvalue weighted by Crippen LogP contribution is 2.80. The van der Waals surface area contributed by atoms with E-state index in [1.54, 1.807) is 12.0 Å². The molecule has 7 fully saturated rings. The fourth-order valence-electron chi connectivity index (χ4n) is 15.0. The summed E-state index contributed by atoms with van der Waals surface area (Å²) in [5.41, 5.74) is 12.8. The fraction of sp³-hybridized carbons (Fsp3) is 0.263. The number of hydrogen-bond donors (Lipinski definition) is 0. The van der Waals surface area contributed by atoms with Crippen LogP contribution in [-0.2, 0) is 5.41 Å². The van der Waals surface area contributed by atoms with Gasteiger partial charge in [-0.3, -0.25) is 0 Å². The van der Waals surface area contributed by atoms with Crippen molar-refractivity contribution >= 4 is 32.3 Å². The highest BCUT2D eigenvalue weighted by molar-refractivity contribution is 6.24. The van der Waals surface area contributed by atoms with Crippen LogP contribution in [-0.4, -0.2) is 0 Å². The molecule has 0 nitrogen and oxygen atoms in total. The second-order valence-corrected chi connectivity index (χ2v) is 19.1. The molecule has 0 heteroatoms. The molecule has 0 spiro atoms. The summed E-state index contributed by atoms with van der Waals surface area (Å²) in [7, 11) is 0. The number of rotatable bonds is 5. The molecule has 0 aromatic heterocycles. The second kappa shape index (κ2) is 11.8. The van der Waals surface area contributed by atoms with Crippen molar-refractivity contribution in [3.8, 4) is 44.5 Å². The Morgan fingerprint density at radius 3 is 1.82 bits per heavy atom. The maximum Gasteiger partial charge on any atom is 0.00433 e.